The number of hydrogen-bond acceptors (Lipinski definition) is 2. The molecule has 1 unspecified atom stereocenters. The summed E-state index contributed by atoms with van der Waals surface area (Å²) in [5.74, 6) is 0.229. The maximum absolute atomic E-state index is 10.1. The van der Waals surface area contributed by atoms with Crippen LogP contribution in [0.1, 0.15) is 26.3 Å². The summed E-state index contributed by atoms with van der Waals surface area (Å²) in [4.78, 5) is 0. The first-order valence-corrected chi connectivity index (χ1v) is 6.34. The standard InChI is InChI=1S/C13H20BrNO/c1-9(2)13(4,16)8-15-12-7-11(14)6-5-10(12)3/h5-7,9,15-16H,8H2,1-4H3. The molecule has 0 bridgehead atoms. The smallest absolute Gasteiger partial charge is 0.0813 e. The van der Waals surface area contributed by atoms with Crippen molar-refractivity contribution in [2.75, 3.05) is 11.9 Å². The number of benzene rings is 1. The maximum atomic E-state index is 10.1. The quantitative estimate of drug-likeness (QED) is 0.886. The van der Waals surface area contributed by atoms with E-state index < -0.39 is 5.60 Å². The number of rotatable bonds is 4. The van der Waals surface area contributed by atoms with Gasteiger partial charge in [0.25, 0.3) is 0 Å². The molecule has 16 heavy (non-hydrogen) atoms. The first-order valence-electron chi connectivity index (χ1n) is 5.55. The Labute approximate surface area is 106 Å². The summed E-state index contributed by atoms with van der Waals surface area (Å²) in [6.07, 6.45) is 0. The van der Waals surface area contributed by atoms with E-state index >= 15 is 0 Å². The monoisotopic (exact) mass is 285 g/mol. The number of aryl methyl sites for hydroxylation is 1. The fourth-order valence-electron chi connectivity index (χ4n) is 1.26. The average Bonchev–Trinajstić information content (AvgIpc) is 2.19. The Morgan fingerprint density at radius 1 is 1.44 bits per heavy atom. The van der Waals surface area contributed by atoms with Crippen molar-refractivity contribution in [1.29, 1.82) is 0 Å². The van der Waals surface area contributed by atoms with Crippen LogP contribution in [0.2, 0.25) is 0 Å². The minimum absolute atomic E-state index is 0.229. The second kappa shape index (κ2) is 5.19. The van der Waals surface area contributed by atoms with E-state index in [0.29, 0.717) is 6.54 Å². The molecular formula is C13H20BrNO. The fourth-order valence-corrected chi connectivity index (χ4v) is 1.62. The largest absolute Gasteiger partial charge is 0.388 e. The molecule has 0 spiro atoms. The van der Waals surface area contributed by atoms with E-state index in [1.807, 2.05) is 32.9 Å². The molecule has 1 aromatic rings. The Kier molecular flexibility index (Phi) is 4.39. The van der Waals surface area contributed by atoms with Gasteiger partial charge in [-0.2, -0.15) is 0 Å². The topological polar surface area (TPSA) is 32.3 Å². The second-order valence-corrected chi connectivity index (χ2v) is 5.74. The molecule has 0 amide bonds. The Morgan fingerprint density at radius 3 is 2.62 bits per heavy atom. The average molecular weight is 286 g/mol. The van der Waals surface area contributed by atoms with Gasteiger partial charge in [0.2, 0.25) is 0 Å². The summed E-state index contributed by atoms with van der Waals surface area (Å²) >= 11 is 3.44. The molecule has 0 aromatic heterocycles. The van der Waals surface area contributed by atoms with E-state index in [4.69, 9.17) is 0 Å². The SMILES string of the molecule is Cc1ccc(Br)cc1NCC(C)(O)C(C)C. The van der Waals surface area contributed by atoms with E-state index in [1.54, 1.807) is 0 Å². The van der Waals surface area contributed by atoms with Gasteiger partial charge in [-0.3, -0.25) is 0 Å². The first-order chi connectivity index (χ1) is 7.33. The molecule has 0 aliphatic rings. The van der Waals surface area contributed by atoms with Crippen LogP contribution in [0.5, 0.6) is 0 Å². The van der Waals surface area contributed by atoms with Crippen LogP contribution in [0.4, 0.5) is 5.69 Å². The molecule has 3 heteroatoms. The van der Waals surface area contributed by atoms with Crippen LogP contribution in [0.25, 0.3) is 0 Å². The zero-order valence-corrected chi connectivity index (χ0v) is 11.9. The fraction of sp³-hybridized carbons (Fsp3) is 0.538. The number of nitrogens with one attached hydrogen (secondary N) is 1. The molecule has 0 aliphatic heterocycles. The highest BCUT2D eigenvalue weighted by Gasteiger charge is 2.24. The third-order valence-corrected chi connectivity index (χ3v) is 3.57. The predicted molar refractivity (Wildman–Crippen MR) is 72.8 cm³/mol. The minimum atomic E-state index is -0.686. The summed E-state index contributed by atoms with van der Waals surface area (Å²) in [5, 5.41) is 13.4. The van der Waals surface area contributed by atoms with Gasteiger partial charge in [-0.15, -0.1) is 0 Å². The van der Waals surface area contributed by atoms with Crippen molar-refractivity contribution in [3.05, 3.63) is 28.2 Å². The first kappa shape index (κ1) is 13.5. The van der Waals surface area contributed by atoms with E-state index in [9.17, 15) is 5.11 Å². The zero-order chi connectivity index (χ0) is 12.3. The molecule has 0 saturated heterocycles. The lowest BCUT2D eigenvalue weighted by atomic mass is 9.92. The van der Waals surface area contributed by atoms with E-state index in [2.05, 4.69) is 34.2 Å². The third kappa shape index (κ3) is 3.49. The van der Waals surface area contributed by atoms with Gasteiger partial charge >= 0.3 is 0 Å². The molecule has 2 nitrogen and oxygen atoms in total. The molecule has 0 aliphatic carbocycles. The van der Waals surface area contributed by atoms with Gasteiger partial charge in [0, 0.05) is 16.7 Å². The van der Waals surface area contributed by atoms with Gasteiger partial charge in [0.15, 0.2) is 0 Å². The number of halogens is 1. The van der Waals surface area contributed by atoms with Crippen molar-refractivity contribution in [2.45, 2.75) is 33.3 Å². The summed E-state index contributed by atoms with van der Waals surface area (Å²) in [6, 6.07) is 6.10. The zero-order valence-electron chi connectivity index (χ0n) is 10.3. The van der Waals surface area contributed by atoms with Gasteiger partial charge in [0.1, 0.15) is 0 Å². The molecule has 0 saturated carbocycles. The highest BCUT2D eigenvalue weighted by molar-refractivity contribution is 9.10. The lowest BCUT2D eigenvalue weighted by Crippen LogP contribution is -2.38. The molecule has 2 N–H and O–H groups in total. The van der Waals surface area contributed by atoms with E-state index in [1.165, 1.54) is 5.56 Å². The highest BCUT2D eigenvalue weighted by Crippen LogP contribution is 2.23. The van der Waals surface area contributed by atoms with Crippen molar-refractivity contribution in [3.63, 3.8) is 0 Å². The Morgan fingerprint density at radius 2 is 2.06 bits per heavy atom. The van der Waals surface area contributed by atoms with Gasteiger partial charge in [-0.1, -0.05) is 35.8 Å². The van der Waals surface area contributed by atoms with Crippen molar-refractivity contribution in [2.24, 2.45) is 5.92 Å². The van der Waals surface area contributed by atoms with Crippen molar-refractivity contribution in [1.82, 2.24) is 0 Å². The van der Waals surface area contributed by atoms with Crippen LogP contribution >= 0.6 is 15.9 Å². The van der Waals surface area contributed by atoms with Gasteiger partial charge < -0.3 is 10.4 Å². The predicted octanol–water partition coefficient (Wildman–Crippen LogP) is 3.58. The molecule has 1 rings (SSSR count). The lowest BCUT2D eigenvalue weighted by Gasteiger charge is -2.28. The lowest BCUT2D eigenvalue weighted by molar-refractivity contribution is 0.0266. The molecular weight excluding hydrogens is 266 g/mol. The molecule has 0 radical (unpaired) electrons. The van der Waals surface area contributed by atoms with Crippen LogP contribution < -0.4 is 5.32 Å². The normalized spacial score (nSPS) is 14.9. The highest BCUT2D eigenvalue weighted by atomic mass is 79.9. The Balaban J connectivity index is 2.71. The molecule has 0 fully saturated rings. The summed E-state index contributed by atoms with van der Waals surface area (Å²) in [6.45, 7) is 8.52. The van der Waals surface area contributed by atoms with Gasteiger partial charge in [-0.05, 0) is 37.5 Å². The number of hydrogen-bond donors (Lipinski definition) is 2. The van der Waals surface area contributed by atoms with Crippen molar-refractivity contribution in [3.8, 4) is 0 Å². The van der Waals surface area contributed by atoms with Crippen LogP contribution in [0.15, 0.2) is 22.7 Å². The van der Waals surface area contributed by atoms with Crippen LogP contribution in [0.3, 0.4) is 0 Å². The summed E-state index contributed by atoms with van der Waals surface area (Å²) < 4.78 is 1.05. The third-order valence-electron chi connectivity index (χ3n) is 3.08. The van der Waals surface area contributed by atoms with Gasteiger partial charge in [-0.25, -0.2) is 0 Å². The minimum Gasteiger partial charge on any atom is -0.388 e. The van der Waals surface area contributed by atoms with Crippen LogP contribution in [0, 0.1) is 12.8 Å². The molecule has 1 atom stereocenters. The van der Waals surface area contributed by atoms with E-state index in [-0.39, 0.29) is 5.92 Å². The molecule has 90 valence electrons. The number of aliphatic hydroxyl groups is 1. The van der Waals surface area contributed by atoms with Crippen LogP contribution in [-0.4, -0.2) is 17.3 Å². The molecule has 0 heterocycles. The summed E-state index contributed by atoms with van der Waals surface area (Å²) in [7, 11) is 0. The number of anilines is 1. The molecule has 1 aromatic carbocycles. The van der Waals surface area contributed by atoms with Crippen LogP contribution in [-0.2, 0) is 0 Å². The summed E-state index contributed by atoms with van der Waals surface area (Å²) in [5.41, 5.74) is 1.56. The van der Waals surface area contributed by atoms with Crippen molar-refractivity contribution >= 4 is 21.6 Å². The Hall–Kier alpha value is -0.540. The van der Waals surface area contributed by atoms with Gasteiger partial charge in [0.05, 0.1) is 5.60 Å². The maximum Gasteiger partial charge on any atom is 0.0813 e. The second-order valence-electron chi connectivity index (χ2n) is 4.82. The van der Waals surface area contributed by atoms with Crippen molar-refractivity contribution < 1.29 is 5.11 Å². The Bertz CT molecular complexity index is 361. The van der Waals surface area contributed by atoms with E-state index in [0.717, 1.165) is 10.2 Å².